The summed E-state index contributed by atoms with van der Waals surface area (Å²) in [7, 11) is 11.3. The van der Waals surface area contributed by atoms with Crippen molar-refractivity contribution < 1.29 is 145 Å². The topological polar surface area (TPSA) is 284 Å². The Balaban J connectivity index is 0.000000686. The van der Waals surface area contributed by atoms with Gasteiger partial charge in [-0.15, -0.1) is 0 Å². The molecule has 0 saturated heterocycles. The molecular weight excluding hydrogens is 1770 g/mol. The molecule has 0 unspecified atom stereocenters. The fraction of sp³-hybridized carbons (Fsp3) is 0.325. The summed E-state index contributed by atoms with van der Waals surface area (Å²) in [6, 6.07) is 47.5. The van der Waals surface area contributed by atoms with E-state index in [9.17, 15) is 69.1 Å². The van der Waals surface area contributed by atoms with Crippen molar-refractivity contribution in [1.29, 1.82) is 0 Å². The molecule has 0 atom stereocenters. The van der Waals surface area contributed by atoms with Crippen LogP contribution in [0.1, 0.15) is 61.2 Å². The van der Waals surface area contributed by atoms with Gasteiger partial charge < -0.3 is 75.8 Å². The van der Waals surface area contributed by atoms with Crippen LogP contribution in [0, 0.1) is 12.7 Å². The molecule has 0 aromatic heterocycles. The summed E-state index contributed by atoms with van der Waals surface area (Å²) >= 11 is 32.2. The third kappa shape index (κ3) is 54.0. The number of esters is 8. The van der Waals surface area contributed by atoms with Gasteiger partial charge in [0.05, 0.1) is 11.1 Å². The van der Waals surface area contributed by atoms with Gasteiger partial charge in [0.25, 0.3) is 0 Å². The number of carbonyl (C=O) groups excluding carboxylic acids is 8. The van der Waals surface area contributed by atoms with Crippen LogP contribution in [0.25, 0.3) is 0 Å². The number of carbonyl (C=O) groups is 8. The van der Waals surface area contributed by atoms with Crippen LogP contribution in [0.15, 0.2) is 186 Å². The molecule has 656 valence electrons. The molecule has 8 aromatic rings. The Hall–Kier alpha value is -9.36. The number of alkyl halides is 6. The lowest BCUT2D eigenvalue weighted by Gasteiger charge is -2.09. The van der Waals surface area contributed by atoms with Crippen molar-refractivity contribution in [2.24, 2.45) is 0 Å². The Morgan fingerprint density at radius 3 is 0.992 bits per heavy atom. The van der Waals surface area contributed by atoms with Crippen LogP contribution in [0.2, 0.25) is 25.1 Å². The largest absolute Gasteiger partial charge is 0.459 e. The third-order valence-corrected chi connectivity index (χ3v) is 15.4. The second kappa shape index (κ2) is 63.6. The highest BCUT2D eigenvalue weighted by atomic mass is 79.9. The Bertz CT molecular complexity index is 4190. The van der Waals surface area contributed by atoms with E-state index < -0.39 is 53.3 Å². The molecular formula is C83H89BrCl5F7O24. The quantitative estimate of drug-likeness (QED) is 0.0215. The van der Waals surface area contributed by atoms with Gasteiger partial charge in [0.2, 0.25) is 0 Å². The van der Waals surface area contributed by atoms with Crippen LogP contribution in [-0.4, -0.2) is 157 Å². The van der Waals surface area contributed by atoms with Gasteiger partial charge in [-0.3, -0.25) is 0 Å². The van der Waals surface area contributed by atoms with E-state index in [0.717, 1.165) is 56.6 Å². The highest BCUT2D eigenvalue weighted by Gasteiger charge is 2.31. The summed E-state index contributed by atoms with van der Waals surface area (Å²) in [4.78, 5) is 87.5. The average Bonchev–Trinajstić information content (AvgIpc) is 0.848. The molecule has 0 spiro atoms. The van der Waals surface area contributed by atoms with Crippen LogP contribution < -0.4 is 0 Å². The van der Waals surface area contributed by atoms with Crippen molar-refractivity contribution in [2.45, 2.75) is 72.1 Å². The van der Waals surface area contributed by atoms with Crippen molar-refractivity contribution in [3.8, 4) is 0 Å². The van der Waals surface area contributed by atoms with E-state index in [2.05, 4.69) is 53.8 Å². The van der Waals surface area contributed by atoms with Crippen LogP contribution >= 0.6 is 73.9 Å². The maximum absolute atomic E-state index is 12.7. The van der Waals surface area contributed by atoms with Crippen LogP contribution in [0.5, 0.6) is 0 Å². The number of methoxy groups -OCH3 is 8. The van der Waals surface area contributed by atoms with Crippen LogP contribution in [0.4, 0.5) is 30.7 Å². The normalized spacial score (nSPS) is 10.3. The Morgan fingerprint density at radius 2 is 0.617 bits per heavy atom. The van der Waals surface area contributed by atoms with Crippen molar-refractivity contribution in [3.63, 3.8) is 0 Å². The van der Waals surface area contributed by atoms with E-state index in [-0.39, 0.29) is 128 Å². The maximum atomic E-state index is 12.7. The molecule has 8 aromatic carbocycles. The van der Waals surface area contributed by atoms with Gasteiger partial charge in [-0.1, -0.05) is 165 Å². The minimum Gasteiger partial charge on any atom is -0.459 e. The monoisotopic (exact) mass is 1860 g/mol. The second-order valence-corrected chi connectivity index (χ2v) is 26.5. The highest BCUT2D eigenvalue weighted by Crippen LogP contribution is 2.31. The molecule has 0 bridgehead atoms. The van der Waals surface area contributed by atoms with Crippen molar-refractivity contribution in [2.75, 3.05) is 110 Å². The fourth-order valence-electron chi connectivity index (χ4n) is 8.19. The number of ether oxygens (including phenoxy) is 16. The summed E-state index contributed by atoms with van der Waals surface area (Å²) in [6.07, 6.45) is -8.75. The average molecular weight is 1860 g/mol. The van der Waals surface area contributed by atoms with Gasteiger partial charge in [0, 0.05) is 92.0 Å². The standard InChI is InChI=1S/2C11H11F3O3.C11H14O3.C10H11BrO3.2C10H10Cl2O3.C10H11ClO3.C10H11FO3/c1-16-7-10(15)17-6-8-2-4-9(5-3-8)11(12,13)14;1-16-7-10(15)17-6-8-3-2-4-9(5-8)11(12,13)14;1-9-5-3-4-6-10(9)7-14-11(12)8-13-2;1-13-7-10(12)14-6-8-3-2-4-9(11)5-8;1-14-6-10(13)15-5-7-2-8(11)4-9(12)3-7;1-14-6-10(13)15-5-7-2-3-8(11)4-9(7)12;2*1-13-7-10(12)14-6-8-3-2-4-9(11)5-8/h2*2-5H,6-7H2,1H3;3-6H,7-8H2,1-2H3;2-5H,6-7H2,1H3;2*2-4H,5-6H2,1H3;2*2-5H,6-7H2,1H3. The Morgan fingerprint density at radius 1 is 0.292 bits per heavy atom. The zero-order valence-electron chi connectivity index (χ0n) is 66.3. The molecule has 0 heterocycles. The predicted molar refractivity (Wildman–Crippen MR) is 432 cm³/mol. The molecule has 24 nitrogen and oxygen atoms in total. The summed E-state index contributed by atoms with van der Waals surface area (Å²) in [5.41, 5.74) is 5.31. The molecule has 0 N–H and O–H groups in total. The summed E-state index contributed by atoms with van der Waals surface area (Å²) < 4.78 is 163. The third-order valence-electron chi connectivity index (χ3n) is 13.7. The number of halogens is 13. The smallest absolute Gasteiger partial charge is 0.416 e. The van der Waals surface area contributed by atoms with E-state index in [1.165, 1.54) is 93.3 Å². The number of hydrogen-bond acceptors (Lipinski definition) is 24. The molecule has 8 rings (SSSR count). The van der Waals surface area contributed by atoms with E-state index >= 15 is 0 Å². The maximum Gasteiger partial charge on any atom is 0.416 e. The van der Waals surface area contributed by atoms with Crippen molar-refractivity contribution >= 4 is 122 Å². The first kappa shape index (κ1) is 109. The summed E-state index contributed by atoms with van der Waals surface area (Å²) in [6.45, 7) is 2.22. The van der Waals surface area contributed by atoms with Crippen molar-refractivity contribution in [1.82, 2.24) is 0 Å². The lowest BCUT2D eigenvalue weighted by atomic mass is 10.1. The first-order chi connectivity index (χ1) is 57.0. The van der Waals surface area contributed by atoms with E-state index in [1.54, 1.807) is 60.7 Å². The van der Waals surface area contributed by atoms with E-state index in [0.29, 0.717) is 48.4 Å². The Kier molecular flexibility index (Phi) is 57.6. The molecule has 120 heavy (non-hydrogen) atoms. The molecule has 0 aliphatic heterocycles. The SMILES string of the molecule is COCC(=O)OCc1cc(Cl)cc(Cl)c1.COCC(=O)OCc1ccc(C(F)(F)F)cc1.COCC(=O)OCc1ccc(Cl)cc1Cl.COCC(=O)OCc1cccc(Br)c1.COCC(=O)OCc1cccc(C(F)(F)F)c1.COCC(=O)OCc1cccc(Cl)c1.COCC(=O)OCc1cccc(F)c1.COCC(=O)OCc1ccccc1C. The van der Waals surface area contributed by atoms with Crippen LogP contribution in [0.3, 0.4) is 0 Å². The summed E-state index contributed by atoms with van der Waals surface area (Å²) in [5, 5.41) is 2.69. The molecule has 0 saturated carbocycles. The lowest BCUT2D eigenvalue weighted by molar-refractivity contribution is -0.150. The minimum atomic E-state index is -4.40. The molecule has 0 fully saturated rings. The second-order valence-electron chi connectivity index (χ2n) is 23.5. The zero-order chi connectivity index (χ0) is 89.9. The number of benzene rings is 8. The van der Waals surface area contributed by atoms with Gasteiger partial charge in [-0.05, 0) is 142 Å². The van der Waals surface area contributed by atoms with Crippen molar-refractivity contribution in [3.05, 3.63) is 279 Å². The first-order valence-corrected chi connectivity index (χ1v) is 37.4. The van der Waals surface area contributed by atoms with Gasteiger partial charge in [-0.2, -0.15) is 26.3 Å². The molecule has 0 aliphatic rings. The molecule has 0 amide bonds. The number of aryl methyl sites for hydroxylation is 1. The first-order valence-electron chi connectivity index (χ1n) is 34.7. The van der Waals surface area contributed by atoms with Gasteiger partial charge >= 0.3 is 60.1 Å². The highest BCUT2D eigenvalue weighted by molar-refractivity contribution is 9.10. The zero-order valence-corrected chi connectivity index (χ0v) is 71.7. The number of hydrogen-bond donors (Lipinski definition) is 0. The fourth-order valence-corrected chi connectivity index (χ4v) is 9.88. The lowest BCUT2D eigenvalue weighted by Crippen LogP contribution is -2.11. The number of rotatable bonds is 32. The van der Waals surface area contributed by atoms with Gasteiger partial charge in [-0.25, -0.2) is 42.7 Å². The molecule has 0 aliphatic carbocycles. The summed E-state index contributed by atoms with van der Waals surface area (Å²) in [5.74, 6) is -3.91. The molecule has 0 radical (unpaired) electrons. The predicted octanol–water partition coefficient (Wildman–Crippen LogP) is 17.5. The van der Waals surface area contributed by atoms with Gasteiger partial charge in [0.15, 0.2) is 0 Å². The minimum absolute atomic E-state index is 0.00583. The Labute approximate surface area is 722 Å². The van der Waals surface area contributed by atoms with E-state index in [4.69, 9.17) is 95.9 Å². The van der Waals surface area contributed by atoms with E-state index in [1.807, 2.05) is 67.6 Å². The molecule has 37 heteroatoms. The van der Waals surface area contributed by atoms with Gasteiger partial charge in [0.1, 0.15) is 112 Å². The van der Waals surface area contributed by atoms with Crippen LogP contribution in [-0.2, 0) is 179 Å².